The molecule has 0 unspecified atom stereocenters. The fourth-order valence-corrected chi connectivity index (χ4v) is 2.91. The summed E-state index contributed by atoms with van der Waals surface area (Å²) in [4.78, 5) is 15.3. The molecule has 106 valence electrons. The average molecular weight is 279 g/mol. The van der Waals surface area contributed by atoms with Gasteiger partial charge in [0.25, 0.3) is 0 Å². The van der Waals surface area contributed by atoms with Gasteiger partial charge in [0, 0.05) is 12.4 Å². The van der Waals surface area contributed by atoms with Crippen molar-refractivity contribution < 1.29 is 9.90 Å². The molecule has 0 atom stereocenters. The third-order valence-corrected chi connectivity index (χ3v) is 4.13. The number of aromatic nitrogens is 1. The zero-order valence-electron chi connectivity index (χ0n) is 12.0. The van der Waals surface area contributed by atoms with Gasteiger partial charge in [0.1, 0.15) is 0 Å². The van der Waals surface area contributed by atoms with Crippen LogP contribution in [0, 0.1) is 0 Å². The molecule has 1 aromatic carbocycles. The van der Waals surface area contributed by atoms with E-state index in [0.717, 1.165) is 24.8 Å². The van der Waals surface area contributed by atoms with Crippen LogP contribution in [0.15, 0.2) is 48.3 Å². The third kappa shape index (κ3) is 2.72. The molecule has 1 aliphatic rings. The molecule has 3 heteroatoms. The summed E-state index contributed by atoms with van der Waals surface area (Å²) in [6, 6.07) is 9.47. The Bertz CT molecular complexity index is 717. The molecule has 3 rings (SSSR count). The molecule has 21 heavy (non-hydrogen) atoms. The van der Waals surface area contributed by atoms with Gasteiger partial charge in [-0.15, -0.1) is 0 Å². The first-order valence-corrected chi connectivity index (χ1v) is 7.09. The lowest BCUT2D eigenvalue weighted by Gasteiger charge is -2.22. The number of aryl methyl sites for hydroxylation is 1. The fraction of sp³-hybridized carbons (Fsp3) is 0.222. The van der Waals surface area contributed by atoms with E-state index in [1.54, 1.807) is 18.3 Å². The number of aromatic carboxylic acids is 1. The first kappa shape index (κ1) is 13.6. The van der Waals surface area contributed by atoms with Crippen LogP contribution in [0.25, 0.3) is 5.57 Å². The zero-order chi connectivity index (χ0) is 14.8. The normalized spacial score (nSPS) is 14.0. The molecule has 1 aromatic heterocycles. The van der Waals surface area contributed by atoms with Crippen LogP contribution in [0.3, 0.4) is 0 Å². The predicted molar refractivity (Wildman–Crippen MR) is 82.3 cm³/mol. The van der Waals surface area contributed by atoms with E-state index in [0.29, 0.717) is 5.56 Å². The molecule has 0 radical (unpaired) electrons. The monoisotopic (exact) mass is 279 g/mol. The number of fused-ring (bicyclic) bond motifs is 1. The number of carbonyl (C=O) groups is 1. The van der Waals surface area contributed by atoms with Crippen molar-refractivity contribution in [3.8, 4) is 0 Å². The topological polar surface area (TPSA) is 50.2 Å². The van der Waals surface area contributed by atoms with Crippen molar-refractivity contribution in [3.63, 3.8) is 0 Å². The highest BCUT2D eigenvalue weighted by molar-refractivity contribution is 5.89. The molecule has 0 fully saturated rings. The first-order chi connectivity index (χ1) is 10.1. The van der Waals surface area contributed by atoms with Crippen LogP contribution >= 0.6 is 0 Å². The van der Waals surface area contributed by atoms with Gasteiger partial charge in [0.2, 0.25) is 0 Å². The van der Waals surface area contributed by atoms with Gasteiger partial charge in [0.15, 0.2) is 0 Å². The number of hydrogen-bond donors (Lipinski definition) is 1. The summed E-state index contributed by atoms with van der Waals surface area (Å²) in [5.41, 5.74) is 6.47. The van der Waals surface area contributed by atoms with E-state index in [1.165, 1.54) is 22.3 Å². The van der Waals surface area contributed by atoms with Gasteiger partial charge < -0.3 is 5.11 Å². The Morgan fingerprint density at radius 1 is 1.29 bits per heavy atom. The molecule has 0 saturated carbocycles. The minimum absolute atomic E-state index is 0.357. The number of benzene rings is 1. The third-order valence-electron chi connectivity index (χ3n) is 4.13. The standard InChI is InChI=1S/C18H17NO2/c1-12-15(9-13-3-2-8-19-11-13)6-4-14-5-7-16(18(20)21)10-17(12)14/h2-3,5,7-8,10-11H,4,6,9H2,1H3,(H,20,21). The molecular weight excluding hydrogens is 262 g/mol. The van der Waals surface area contributed by atoms with E-state index < -0.39 is 5.97 Å². The summed E-state index contributed by atoms with van der Waals surface area (Å²) in [5.74, 6) is -0.870. The summed E-state index contributed by atoms with van der Waals surface area (Å²) in [6.45, 7) is 2.09. The Kier molecular flexibility index (Phi) is 3.57. The average Bonchev–Trinajstić information content (AvgIpc) is 2.51. The van der Waals surface area contributed by atoms with Gasteiger partial charge in [-0.25, -0.2) is 4.79 Å². The van der Waals surface area contributed by atoms with Crippen molar-refractivity contribution in [2.45, 2.75) is 26.2 Å². The quantitative estimate of drug-likeness (QED) is 0.931. The van der Waals surface area contributed by atoms with Crippen molar-refractivity contribution in [3.05, 3.63) is 70.6 Å². The highest BCUT2D eigenvalue weighted by atomic mass is 16.4. The van der Waals surface area contributed by atoms with Crippen LogP contribution < -0.4 is 0 Å². The second-order valence-corrected chi connectivity index (χ2v) is 5.44. The van der Waals surface area contributed by atoms with E-state index in [1.807, 2.05) is 18.3 Å². The van der Waals surface area contributed by atoms with Crippen LogP contribution in [-0.2, 0) is 12.8 Å². The lowest BCUT2D eigenvalue weighted by Crippen LogP contribution is -2.08. The summed E-state index contributed by atoms with van der Waals surface area (Å²) in [7, 11) is 0. The number of allylic oxidation sites excluding steroid dienone is 2. The lowest BCUT2D eigenvalue weighted by atomic mass is 9.83. The number of nitrogens with zero attached hydrogens (tertiary/aromatic N) is 1. The van der Waals surface area contributed by atoms with Crippen LogP contribution in [0.5, 0.6) is 0 Å². The van der Waals surface area contributed by atoms with Crippen molar-refractivity contribution >= 4 is 11.5 Å². The minimum Gasteiger partial charge on any atom is -0.478 e. The summed E-state index contributed by atoms with van der Waals surface area (Å²) in [6.07, 6.45) is 6.56. The molecule has 0 aliphatic heterocycles. The maximum absolute atomic E-state index is 11.1. The van der Waals surface area contributed by atoms with E-state index in [4.69, 9.17) is 5.11 Å². The smallest absolute Gasteiger partial charge is 0.335 e. The van der Waals surface area contributed by atoms with Gasteiger partial charge in [-0.1, -0.05) is 17.7 Å². The van der Waals surface area contributed by atoms with Crippen LogP contribution in [0.1, 0.15) is 40.4 Å². The molecule has 3 nitrogen and oxygen atoms in total. The van der Waals surface area contributed by atoms with Gasteiger partial charge in [-0.2, -0.15) is 0 Å². The number of rotatable bonds is 3. The Balaban J connectivity index is 1.98. The first-order valence-electron chi connectivity index (χ1n) is 7.09. The van der Waals surface area contributed by atoms with Crippen molar-refractivity contribution in [1.29, 1.82) is 0 Å². The zero-order valence-corrected chi connectivity index (χ0v) is 12.0. The molecule has 1 N–H and O–H groups in total. The summed E-state index contributed by atoms with van der Waals surface area (Å²) >= 11 is 0. The predicted octanol–water partition coefficient (Wildman–Crippen LogP) is 3.74. The van der Waals surface area contributed by atoms with Crippen molar-refractivity contribution in [2.75, 3.05) is 0 Å². The molecule has 1 aliphatic carbocycles. The summed E-state index contributed by atoms with van der Waals surface area (Å²) < 4.78 is 0. The molecule has 0 spiro atoms. The van der Waals surface area contributed by atoms with E-state index in [9.17, 15) is 4.79 Å². The second-order valence-electron chi connectivity index (χ2n) is 5.44. The van der Waals surface area contributed by atoms with Gasteiger partial charge in [0.05, 0.1) is 5.56 Å². The van der Waals surface area contributed by atoms with Crippen LogP contribution in [0.2, 0.25) is 0 Å². The van der Waals surface area contributed by atoms with E-state index >= 15 is 0 Å². The summed E-state index contributed by atoms with van der Waals surface area (Å²) in [5, 5.41) is 9.15. The van der Waals surface area contributed by atoms with E-state index in [2.05, 4.69) is 18.0 Å². The van der Waals surface area contributed by atoms with Gasteiger partial charge in [-0.05, 0) is 66.6 Å². The number of carboxylic acids is 1. The van der Waals surface area contributed by atoms with Crippen LogP contribution in [-0.4, -0.2) is 16.1 Å². The molecule has 0 saturated heterocycles. The highest BCUT2D eigenvalue weighted by Gasteiger charge is 2.17. The molecule has 1 heterocycles. The molecule has 2 aromatic rings. The maximum atomic E-state index is 11.1. The van der Waals surface area contributed by atoms with Crippen molar-refractivity contribution in [1.82, 2.24) is 4.98 Å². The Morgan fingerprint density at radius 2 is 2.14 bits per heavy atom. The Hall–Kier alpha value is -2.42. The van der Waals surface area contributed by atoms with E-state index in [-0.39, 0.29) is 0 Å². The lowest BCUT2D eigenvalue weighted by molar-refractivity contribution is 0.0697. The SMILES string of the molecule is CC1=C(Cc2cccnc2)CCc2ccc(C(=O)O)cc21. The molecule has 0 bridgehead atoms. The molecule has 0 amide bonds. The minimum atomic E-state index is -0.870. The number of pyridine rings is 1. The highest BCUT2D eigenvalue weighted by Crippen LogP contribution is 2.33. The second kappa shape index (κ2) is 5.52. The van der Waals surface area contributed by atoms with Gasteiger partial charge in [-0.3, -0.25) is 4.98 Å². The number of carboxylic acid groups (broad SMARTS) is 1. The number of hydrogen-bond acceptors (Lipinski definition) is 2. The largest absolute Gasteiger partial charge is 0.478 e. The fourth-order valence-electron chi connectivity index (χ4n) is 2.91. The van der Waals surface area contributed by atoms with Crippen molar-refractivity contribution in [2.24, 2.45) is 0 Å². The molecular formula is C18H17NO2. The van der Waals surface area contributed by atoms with Gasteiger partial charge >= 0.3 is 5.97 Å². The Labute approximate surface area is 124 Å². The maximum Gasteiger partial charge on any atom is 0.335 e. The van der Waals surface area contributed by atoms with Crippen LogP contribution in [0.4, 0.5) is 0 Å². The Morgan fingerprint density at radius 3 is 2.86 bits per heavy atom.